The number of carbonyl (C=O) groups excluding carboxylic acids is 1. The van der Waals surface area contributed by atoms with E-state index >= 15 is 0 Å². The molecule has 1 fully saturated rings. The molecule has 1 unspecified atom stereocenters. The van der Waals surface area contributed by atoms with Gasteiger partial charge in [-0.3, -0.25) is 4.79 Å². The molecule has 1 atom stereocenters. The number of ether oxygens (including phenoxy) is 1. The second-order valence-corrected chi connectivity index (χ2v) is 6.97. The number of sulfonamides is 1. The van der Waals surface area contributed by atoms with E-state index in [4.69, 9.17) is 11.6 Å². The van der Waals surface area contributed by atoms with Crippen molar-refractivity contribution < 1.29 is 22.3 Å². The van der Waals surface area contributed by atoms with Gasteiger partial charge in [-0.15, -0.1) is 0 Å². The monoisotopic (exact) mass is 335 g/mol. The summed E-state index contributed by atoms with van der Waals surface area (Å²) >= 11 is 5.64. The minimum absolute atomic E-state index is 0.147. The van der Waals surface area contributed by atoms with Crippen molar-refractivity contribution in [2.45, 2.75) is 30.2 Å². The van der Waals surface area contributed by atoms with Crippen LogP contribution in [-0.4, -0.2) is 38.4 Å². The van der Waals surface area contributed by atoms with Crippen molar-refractivity contribution in [1.29, 1.82) is 0 Å². The Kier molecular flexibility index (Phi) is 4.85. The first-order chi connectivity index (χ1) is 9.89. The molecule has 5 nitrogen and oxygen atoms in total. The van der Waals surface area contributed by atoms with Gasteiger partial charge in [-0.1, -0.05) is 17.7 Å². The molecule has 1 aliphatic rings. The van der Waals surface area contributed by atoms with E-state index in [9.17, 15) is 17.6 Å². The second kappa shape index (κ2) is 6.29. The van der Waals surface area contributed by atoms with Gasteiger partial charge in [0, 0.05) is 6.54 Å². The summed E-state index contributed by atoms with van der Waals surface area (Å²) in [4.78, 5) is 11.2. The molecule has 0 N–H and O–H groups in total. The average molecular weight is 336 g/mol. The maximum Gasteiger partial charge on any atom is 0.324 e. The lowest BCUT2D eigenvalue weighted by molar-refractivity contribution is -0.146. The Morgan fingerprint density at radius 2 is 2.14 bits per heavy atom. The van der Waals surface area contributed by atoms with Crippen molar-refractivity contribution in [3.8, 4) is 0 Å². The normalized spacial score (nSPS) is 20.2. The molecule has 0 aliphatic carbocycles. The summed E-state index contributed by atoms with van der Waals surface area (Å²) in [5.74, 6) is -1.64. The van der Waals surface area contributed by atoms with Gasteiger partial charge in [0.1, 0.15) is 10.9 Å². The Balaban J connectivity index is 2.46. The highest BCUT2D eigenvalue weighted by atomic mass is 35.5. The van der Waals surface area contributed by atoms with Gasteiger partial charge in [0.2, 0.25) is 10.0 Å². The van der Waals surface area contributed by atoms with Crippen LogP contribution < -0.4 is 0 Å². The maximum absolute atomic E-state index is 14.0. The van der Waals surface area contributed by atoms with Gasteiger partial charge < -0.3 is 4.74 Å². The molecule has 0 spiro atoms. The SMILES string of the molecule is COC(=O)C1CCCCN1S(=O)(=O)c1cccc(Cl)c1F. The highest BCUT2D eigenvalue weighted by molar-refractivity contribution is 7.89. The number of rotatable bonds is 3. The molecule has 0 saturated carbocycles. The van der Waals surface area contributed by atoms with Crippen LogP contribution in [0.15, 0.2) is 23.1 Å². The van der Waals surface area contributed by atoms with Gasteiger partial charge in [-0.25, -0.2) is 12.8 Å². The molecule has 0 bridgehead atoms. The lowest BCUT2D eigenvalue weighted by atomic mass is 10.1. The zero-order valence-electron chi connectivity index (χ0n) is 11.4. The highest BCUT2D eigenvalue weighted by Gasteiger charge is 2.39. The summed E-state index contributed by atoms with van der Waals surface area (Å²) < 4.78 is 44.9. The number of hydrogen-bond acceptors (Lipinski definition) is 4. The second-order valence-electron chi connectivity index (χ2n) is 4.70. The maximum atomic E-state index is 14.0. The first-order valence-electron chi connectivity index (χ1n) is 6.43. The number of hydrogen-bond donors (Lipinski definition) is 0. The molecule has 8 heteroatoms. The lowest BCUT2D eigenvalue weighted by Crippen LogP contribution is -2.48. The zero-order chi connectivity index (χ0) is 15.6. The third-order valence-corrected chi connectivity index (χ3v) is 5.65. The summed E-state index contributed by atoms with van der Waals surface area (Å²) in [6.07, 6.45) is 1.67. The summed E-state index contributed by atoms with van der Waals surface area (Å²) in [6.45, 7) is 0.147. The van der Waals surface area contributed by atoms with Crippen molar-refractivity contribution >= 4 is 27.6 Å². The zero-order valence-corrected chi connectivity index (χ0v) is 13.0. The van der Waals surface area contributed by atoms with Crippen molar-refractivity contribution in [3.63, 3.8) is 0 Å². The minimum atomic E-state index is -4.15. The van der Waals surface area contributed by atoms with E-state index in [1.807, 2.05) is 0 Å². The van der Waals surface area contributed by atoms with E-state index in [0.717, 1.165) is 10.4 Å². The lowest BCUT2D eigenvalue weighted by Gasteiger charge is -2.32. The van der Waals surface area contributed by atoms with E-state index in [0.29, 0.717) is 19.3 Å². The average Bonchev–Trinajstić information content (AvgIpc) is 2.49. The molecule has 0 amide bonds. The Morgan fingerprint density at radius 3 is 2.81 bits per heavy atom. The van der Waals surface area contributed by atoms with Crippen molar-refractivity contribution in [1.82, 2.24) is 4.31 Å². The van der Waals surface area contributed by atoms with Crippen LogP contribution in [0.2, 0.25) is 5.02 Å². The predicted octanol–water partition coefficient (Wildman–Crippen LogP) is 2.20. The van der Waals surface area contributed by atoms with Crippen molar-refractivity contribution in [2.24, 2.45) is 0 Å². The topological polar surface area (TPSA) is 63.7 Å². The summed E-state index contributed by atoms with van der Waals surface area (Å²) in [6, 6.07) is 2.84. The molecule has 1 aromatic rings. The summed E-state index contributed by atoms with van der Waals surface area (Å²) in [5, 5.41) is -0.275. The van der Waals surface area contributed by atoms with Crippen LogP contribution in [0.4, 0.5) is 4.39 Å². The van der Waals surface area contributed by atoms with Crippen LogP contribution in [0.25, 0.3) is 0 Å². The summed E-state index contributed by atoms with van der Waals surface area (Å²) in [7, 11) is -2.95. The first kappa shape index (κ1) is 16.2. The number of halogens is 2. The summed E-state index contributed by atoms with van der Waals surface area (Å²) in [5.41, 5.74) is 0. The van der Waals surface area contributed by atoms with E-state index in [2.05, 4.69) is 4.74 Å². The van der Waals surface area contributed by atoms with E-state index < -0.39 is 32.7 Å². The van der Waals surface area contributed by atoms with E-state index in [1.54, 1.807) is 0 Å². The van der Waals surface area contributed by atoms with Crippen LogP contribution >= 0.6 is 11.6 Å². The highest BCUT2D eigenvalue weighted by Crippen LogP contribution is 2.29. The molecule has 1 saturated heterocycles. The fraction of sp³-hybridized carbons (Fsp3) is 0.462. The van der Waals surface area contributed by atoms with Crippen molar-refractivity contribution in [2.75, 3.05) is 13.7 Å². The molecular weight excluding hydrogens is 321 g/mol. The predicted molar refractivity (Wildman–Crippen MR) is 75.0 cm³/mol. The number of piperidine rings is 1. The van der Waals surface area contributed by atoms with E-state index in [-0.39, 0.29) is 11.6 Å². The number of methoxy groups -OCH3 is 1. The minimum Gasteiger partial charge on any atom is -0.468 e. The van der Waals surface area contributed by atoms with Crippen LogP contribution in [-0.2, 0) is 19.6 Å². The molecule has 0 aromatic heterocycles. The molecule has 2 rings (SSSR count). The number of nitrogens with zero attached hydrogens (tertiary/aromatic N) is 1. The largest absolute Gasteiger partial charge is 0.468 e. The number of esters is 1. The van der Waals surface area contributed by atoms with Gasteiger partial charge >= 0.3 is 5.97 Å². The van der Waals surface area contributed by atoms with Crippen LogP contribution in [0.5, 0.6) is 0 Å². The smallest absolute Gasteiger partial charge is 0.324 e. The van der Waals surface area contributed by atoms with Gasteiger partial charge in [0.05, 0.1) is 12.1 Å². The van der Waals surface area contributed by atoms with Gasteiger partial charge in [0.25, 0.3) is 0 Å². The quantitative estimate of drug-likeness (QED) is 0.794. The number of carbonyl (C=O) groups is 1. The first-order valence-corrected chi connectivity index (χ1v) is 8.25. The Hall–Kier alpha value is -1.18. The van der Waals surface area contributed by atoms with Crippen LogP contribution in [0.3, 0.4) is 0 Å². The fourth-order valence-electron chi connectivity index (χ4n) is 2.37. The third kappa shape index (κ3) is 3.04. The molecular formula is C13H15ClFNO4S. The molecule has 0 radical (unpaired) electrons. The van der Waals surface area contributed by atoms with Gasteiger partial charge in [0.15, 0.2) is 5.82 Å². The van der Waals surface area contributed by atoms with Crippen LogP contribution in [0, 0.1) is 5.82 Å². The van der Waals surface area contributed by atoms with E-state index in [1.165, 1.54) is 19.2 Å². The molecule has 21 heavy (non-hydrogen) atoms. The van der Waals surface area contributed by atoms with Crippen LogP contribution in [0.1, 0.15) is 19.3 Å². The Morgan fingerprint density at radius 1 is 1.43 bits per heavy atom. The third-order valence-electron chi connectivity index (χ3n) is 3.43. The van der Waals surface area contributed by atoms with Gasteiger partial charge in [-0.2, -0.15) is 4.31 Å². The Labute approximate surface area is 127 Å². The van der Waals surface area contributed by atoms with Gasteiger partial charge in [-0.05, 0) is 31.4 Å². The Bertz CT molecular complexity index is 650. The molecule has 1 aromatic carbocycles. The molecule has 1 heterocycles. The van der Waals surface area contributed by atoms with Crippen molar-refractivity contribution in [3.05, 3.63) is 29.0 Å². The number of benzene rings is 1. The fourth-order valence-corrected chi connectivity index (χ4v) is 4.34. The molecule has 1 aliphatic heterocycles. The standard InChI is InChI=1S/C13H15ClFNO4S/c1-20-13(17)10-6-2-3-8-16(10)21(18,19)11-7-4-5-9(14)12(11)15/h4-5,7,10H,2-3,6,8H2,1H3. The molecule has 116 valence electrons.